The summed E-state index contributed by atoms with van der Waals surface area (Å²) < 4.78 is 12.8. The minimum absolute atomic E-state index is 0.0228. The van der Waals surface area contributed by atoms with Crippen molar-refractivity contribution in [1.82, 2.24) is 4.90 Å². The number of hydrogen-bond acceptors (Lipinski definition) is 3. The van der Waals surface area contributed by atoms with Crippen molar-refractivity contribution in [3.8, 4) is 11.5 Å². The topological polar surface area (TPSA) is 60.8 Å². The SMILES string of the molecule is CN(Cc1ccc(F)cc1)C(=O)c1cccc(O)c1O. The maximum absolute atomic E-state index is 12.8. The van der Waals surface area contributed by atoms with E-state index in [4.69, 9.17) is 0 Å². The number of rotatable bonds is 3. The van der Waals surface area contributed by atoms with Crippen LogP contribution in [0.3, 0.4) is 0 Å². The Bertz CT molecular complexity index is 626. The van der Waals surface area contributed by atoms with E-state index in [0.29, 0.717) is 0 Å². The van der Waals surface area contributed by atoms with Crippen LogP contribution in [0.25, 0.3) is 0 Å². The van der Waals surface area contributed by atoms with Crippen molar-refractivity contribution in [2.75, 3.05) is 7.05 Å². The number of carbonyl (C=O) groups is 1. The third-order valence-electron chi connectivity index (χ3n) is 2.92. The van der Waals surface area contributed by atoms with Gasteiger partial charge in [-0.2, -0.15) is 0 Å². The molecule has 2 rings (SSSR count). The molecule has 0 saturated heterocycles. The molecule has 0 heterocycles. The van der Waals surface area contributed by atoms with Crippen molar-refractivity contribution in [1.29, 1.82) is 0 Å². The first-order valence-electron chi connectivity index (χ1n) is 6.00. The molecule has 0 aliphatic rings. The molecule has 0 aliphatic carbocycles. The van der Waals surface area contributed by atoms with Gasteiger partial charge >= 0.3 is 0 Å². The molecule has 0 aliphatic heterocycles. The highest BCUT2D eigenvalue weighted by molar-refractivity contribution is 5.97. The second-order valence-electron chi connectivity index (χ2n) is 4.46. The minimum Gasteiger partial charge on any atom is -0.504 e. The fraction of sp³-hybridized carbons (Fsp3) is 0.133. The highest BCUT2D eigenvalue weighted by Crippen LogP contribution is 2.29. The van der Waals surface area contributed by atoms with E-state index in [1.165, 1.54) is 35.2 Å². The first-order chi connectivity index (χ1) is 9.49. The summed E-state index contributed by atoms with van der Waals surface area (Å²) >= 11 is 0. The molecule has 2 aromatic rings. The molecule has 0 aromatic heterocycles. The maximum Gasteiger partial charge on any atom is 0.257 e. The number of hydrogen-bond donors (Lipinski definition) is 2. The third kappa shape index (κ3) is 2.88. The van der Waals surface area contributed by atoms with Gasteiger partial charge in [-0.3, -0.25) is 4.79 Å². The second-order valence-corrected chi connectivity index (χ2v) is 4.46. The predicted molar refractivity (Wildman–Crippen MR) is 72.0 cm³/mol. The summed E-state index contributed by atoms with van der Waals surface area (Å²) in [7, 11) is 1.56. The smallest absolute Gasteiger partial charge is 0.257 e. The number of amides is 1. The quantitative estimate of drug-likeness (QED) is 0.846. The molecule has 5 heteroatoms. The molecule has 2 N–H and O–H groups in total. The summed E-state index contributed by atoms with van der Waals surface area (Å²) in [6, 6.07) is 10.0. The minimum atomic E-state index is -0.441. The second kappa shape index (κ2) is 5.61. The van der Waals surface area contributed by atoms with Crippen LogP contribution in [0, 0.1) is 5.82 Å². The summed E-state index contributed by atoms with van der Waals surface area (Å²) in [6.07, 6.45) is 0. The Morgan fingerprint density at radius 1 is 1.15 bits per heavy atom. The molecule has 0 unspecified atom stereocenters. The first kappa shape index (κ1) is 13.9. The van der Waals surface area contributed by atoms with Gasteiger partial charge < -0.3 is 15.1 Å². The maximum atomic E-state index is 12.8. The Balaban J connectivity index is 2.16. The van der Waals surface area contributed by atoms with Gasteiger partial charge in [-0.1, -0.05) is 18.2 Å². The summed E-state index contributed by atoms with van der Waals surface area (Å²) in [6.45, 7) is 0.272. The lowest BCUT2D eigenvalue weighted by molar-refractivity contribution is 0.0781. The van der Waals surface area contributed by atoms with Crippen LogP contribution in [0.4, 0.5) is 4.39 Å². The molecule has 0 saturated carbocycles. The molecule has 104 valence electrons. The Hall–Kier alpha value is -2.56. The normalized spacial score (nSPS) is 10.3. The third-order valence-corrected chi connectivity index (χ3v) is 2.92. The molecular weight excluding hydrogens is 261 g/mol. The molecule has 0 radical (unpaired) electrons. The van der Waals surface area contributed by atoms with Crippen molar-refractivity contribution < 1.29 is 19.4 Å². The predicted octanol–water partition coefficient (Wildman–Crippen LogP) is 2.51. The number of halogens is 1. The number of carbonyl (C=O) groups excluding carboxylic acids is 1. The van der Waals surface area contributed by atoms with Crippen molar-refractivity contribution >= 4 is 5.91 Å². The lowest BCUT2D eigenvalue weighted by Gasteiger charge is -2.18. The van der Waals surface area contributed by atoms with Crippen LogP contribution in [0.2, 0.25) is 0 Å². The zero-order valence-corrected chi connectivity index (χ0v) is 10.9. The fourth-order valence-corrected chi connectivity index (χ4v) is 1.85. The van der Waals surface area contributed by atoms with Crippen molar-refractivity contribution in [3.63, 3.8) is 0 Å². The molecule has 0 spiro atoms. The van der Waals surface area contributed by atoms with Crippen LogP contribution >= 0.6 is 0 Å². The average Bonchev–Trinajstić information content (AvgIpc) is 2.43. The van der Waals surface area contributed by atoms with E-state index >= 15 is 0 Å². The van der Waals surface area contributed by atoms with E-state index in [9.17, 15) is 19.4 Å². The Labute approximate surface area is 115 Å². The summed E-state index contributed by atoms with van der Waals surface area (Å²) in [5, 5.41) is 19.1. The summed E-state index contributed by atoms with van der Waals surface area (Å²) in [5.41, 5.74) is 0.788. The van der Waals surface area contributed by atoms with Crippen molar-refractivity contribution in [2.24, 2.45) is 0 Å². The fourth-order valence-electron chi connectivity index (χ4n) is 1.85. The van der Waals surface area contributed by atoms with Gasteiger partial charge in [0.1, 0.15) is 5.82 Å². The van der Waals surface area contributed by atoms with E-state index in [1.54, 1.807) is 19.2 Å². The van der Waals surface area contributed by atoms with Crippen LogP contribution < -0.4 is 0 Å². The number of benzene rings is 2. The van der Waals surface area contributed by atoms with Crippen LogP contribution in [0.5, 0.6) is 11.5 Å². The van der Waals surface area contributed by atoms with Crippen molar-refractivity contribution in [2.45, 2.75) is 6.54 Å². The van der Waals surface area contributed by atoms with E-state index < -0.39 is 11.7 Å². The van der Waals surface area contributed by atoms with Crippen LogP contribution in [-0.4, -0.2) is 28.1 Å². The number of para-hydroxylation sites is 1. The average molecular weight is 275 g/mol. The molecule has 0 fully saturated rings. The van der Waals surface area contributed by atoms with Gasteiger partial charge in [-0.25, -0.2) is 4.39 Å². The monoisotopic (exact) mass is 275 g/mol. The van der Waals surface area contributed by atoms with E-state index in [0.717, 1.165) is 5.56 Å². The van der Waals surface area contributed by atoms with Gasteiger partial charge in [-0.15, -0.1) is 0 Å². The van der Waals surface area contributed by atoms with E-state index in [-0.39, 0.29) is 23.7 Å². The molecule has 20 heavy (non-hydrogen) atoms. The molecule has 0 atom stereocenters. The summed E-state index contributed by atoms with van der Waals surface area (Å²) in [4.78, 5) is 13.5. The van der Waals surface area contributed by atoms with Crippen LogP contribution in [-0.2, 0) is 6.54 Å². The number of phenols is 2. The van der Waals surface area contributed by atoms with Crippen LogP contribution in [0.15, 0.2) is 42.5 Å². The lowest BCUT2D eigenvalue weighted by atomic mass is 10.1. The van der Waals surface area contributed by atoms with Gasteiger partial charge in [0.15, 0.2) is 11.5 Å². The number of phenolic OH excluding ortho intramolecular Hbond substituents is 2. The van der Waals surface area contributed by atoms with Crippen LogP contribution in [0.1, 0.15) is 15.9 Å². The van der Waals surface area contributed by atoms with Crippen molar-refractivity contribution in [3.05, 3.63) is 59.4 Å². The van der Waals surface area contributed by atoms with Gasteiger partial charge in [0.25, 0.3) is 5.91 Å². The molecule has 2 aromatic carbocycles. The Morgan fingerprint density at radius 3 is 2.45 bits per heavy atom. The highest BCUT2D eigenvalue weighted by atomic mass is 19.1. The van der Waals surface area contributed by atoms with Gasteiger partial charge in [0.2, 0.25) is 0 Å². The largest absolute Gasteiger partial charge is 0.504 e. The molecular formula is C15H14FNO3. The molecule has 4 nitrogen and oxygen atoms in total. The Kier molecular flexibility index (Phi) is 3.89. The molecule has 1 amide bonds. The summed E-state index contributed by atoms with van der Waals surface area (Å²) in [5.74, 6) is -1.55. The van der Waals surface area contributed by atoms with E-state index in [1.807, 2.05) is 0 Å². The lowest BCUT2D eigenvalue weighted by Crippen LogP contribution is -2.26. The van der Waals surface area contributed by atoms with E-state index in [2.05, 4.69) is 0 Å². The molecule has 0 bridgehead atoms. The van der Waals surface area contributed by atoms with Gasteiger partial charge in [-0.05, 0) is 29.8 Å². The first-order valence-corrected chi connectivity index (χ1v) is 6.00. The highest BCUT2D eigenvalue weighted by Gasteiger charge is 2.17. The number of nitrogens with zero attached hydrogens (tertiary/aromatic N) is 1. The zero-order chi connectivity index (χ0) is 14.7. The Morgan fingerprint density at radius 2 is 1.80 bits per heavy atom. The van der Waals surface area contributed by atoms with Gasteiger partial charge in [0, 0.05) is 13.6 Å². The zero-order valence-electron chi connectivity index (χ0n) is 10.9. The standard InChI is InChI=1S/C15H14FNO3/c1-17(9-10-5-7-11(16)8-6-10)15(20)12-3-2-4-13(18)14(12)19/h2-8,18-19H,9H2,1H3. The number of aromatic hydroxyl groups is 2. The van der Waals surface area contributed by atoms with Gasteiger partial charge in [0.05, 0.1) is 5.56 Å².